The molecule has 1 rings (SSSR count). The summed E-state index contributed by atoms with van der Waals surface area (Å²) in [6.45, 7) is 5.32. The first-order valence-corrected chi connectivity index (χ1v) is 3.12. The van der Waals surface area contributed by atoms with Gasteiger partial charge in [0.2, 0.25) is 0 Å². The molecule has 0 aromatic carbocycles. The summed E-state index contributed by atoms with van der Waals surface area (Å²) in [6.07, 6.45) is 1.55. The Balaban J connectivity index is 3.32. The van der Waals surface area contributed by atoms with Gasteiger partial charge in [0.05, 0.1) is 0 Å². The third-order valence-electron chi connectivity index (χ3n) is 1.24. The molecule has 1 aromatic heterocycles. The van der Waals surface area contributed by atoms with E-state index in [2.05, 4.69) is 11.6 Å². The van der Waals surface area contributed by atoms with Crippen LogP contribution in [0.25, 0.3) is 5.70 Å². The van der Waals surface area contributed by atoms with Crippen molar-refractivity contribution in [1.29, 1.82) is 0 Å². The first-order valence-electron chi connectivity index (χ1n) is 3.12. The Hall–Kier alpha value is -1.58. The number of nitrogens with zero attached hydrogens (tertiary/aromatic N) is 2. The molecule has 0 amide bonds. The fraction of sp³-hybridized carbons (Fsp3) is 0.143. The first kappa shape index (κ1) is 7.53. The van der Waals surface area contributed by atoms with E-state index in [1.54, 1.807) is 19.2 Å². The molecule has 0 spiro atoms. The number of allylic oxidation sites excluding steroid dienone is 1. The van der Waals surface area contributed by atoms with Crippen molar-refractivity contribution in [2.24, 2.45) is 0 Å². The van der Waals surface area contributed by atoms with Gasteiger partial charge in [-0.05, 0) is 13.0 Å². The van der Waals surface area contributed by atoms with Gasteiger partial charge < -0.3 is 5.73 Å². The molecule has 0 saturated heterocycles. The SMILES string of the molecule is C=C(C)n1ccc(N)nc1=O. The van der Waals surface area contributed by atoms with Crippen molar-refractivity contribution < 1.29 is 0 Å². The maximum absolute atomic E-state index is 11.0. The van der Waals surface area contributed by atoms with Gasteiger partial charge in [-0.3, -0.25) is 4.57 Å². The molecule has 1 aromatic rings. The van der Waals surface area contributed by atoms with Crippen LogP contribution >= 0.6 is 0 Å². The van der Waals surface area contributed by atoms with E-state index in [9.17, 15) is 4.79 Å². The van der Waals surface area contributed by atoms with Gasteiger partial charge >= 0.3 is 5.69 Å². The summed E-state index contributed by atoms with van der Waals surface area (Å²) in [7, 11) is 0. The van der Waals surface area contributed by atoms with Crippen LogP contribution < -0.4 is 11.4 Å². The van der Waals surface area contributed by atoms with Crippen molar-refractivity contribution in [3.63, 3.8) is 0 Å². The summed E-state index contributed by atoms with van der Waals surface area (Å²) in [4.78, 5) is 14.5. The lowest BCUT2D eigenvalue weighted by atomic mass is 10.5. The predicted octanol–water partition coefficient (Wildman–Crippen LogP) is 0.316. The van der Waals surface area contributed by atoms with E-state index in [4.69, 9.17) is 5.73 Å². The molecule has 0 radical (unpaired) electrons. The molecule has 4 nitrogen and oxygen atoms in total. The molecule has 2 N–H and O–H groups in total. The Bertz CT molecular complexity index is 340. The molecule has 0 atom stereocenters. The van der Waals surface area contributed by atoms with Crippen molar-refractivity contribution in [2.75, 3.05) is 5.73 Å². The Morgan fingerprint density at radius 2 is 2.45 bits per heavy atom. The Labute approximate surface area is 64.0 Å². The molecule has 4 heteroatoms. The fourth-order valence-corrected chi connectivity index (χ4v) is 0.707. The molecule has 0 bridgehead atoms. The van der Waals surface area contributed by atoms with Crippen LogP contribution in [-0.4, -0.2) is 9.55 Å². The molecule has 11 heavy (non-hydrogen) atoms. The fourth-order valence-electron chi connectivity index (χ4n) is 0.707. The molecule has 0 aliphatic carbocycles. The summed E-state index contributed by atoms with van der Waals surface area (Å²) in [5, 5.41) is 0. The summed E-state index contributed by atoms with van der Waals surface area (Å²) < 4.78 is 1.33. The molecular weight excluding hydrogens is 142 g/mol. The van der Waals surface area contributed by atoms with Gasteiger partial charge in [0.1, 0.15) is 5.82 Å². The number of hydrogen-bond donors (Lipinski definition) is 1. The van der Waals surface area contributed by atoms with Crippen LogP contribution in [0.4, 0.5) is 5.82 Å². The van der Waals surface area contributed by atoms with Crippen molar-refractivity contribution in [3.8, 4) is 0 Å². The number of aromatic nitrogens is 2. The maximum Gasteiger partial charge on any atom is 0.353 e. The zero-order chi connectivity index (χ0) is 8.43. The van der Waals surface area contributed by atoms with Crippen LogP contribution in [0.15, 0.2) is 23.6 Å². The lowest BCUT2D eigenvalue weighted by Crippen LogP contribution is -2.21. The van der Waals surface area contributed by atoms with Crippen LogP contribution in [0.1, 0.15) is 6.92 Å². The summed E-state index contributed by atoms with van der Waals surface area (Å²) in [5.74, 6) is 0.229. The first-order chi connectivity index (χ1) is 5.11. The topological polar surface area (TPSA) is 60.9 Å². The number of nitrogens with two attached hydrogens (primary N) is 1. The Morgan fingerprint density at radius 3 is 2.91 bits per heavy atom. The molecule has 0 aliphatic rings. The van der Waals surface area contributed by atoms with E-state index in [-0.39, 0.29) is 5.82 Å². The highest BCUT2D eigenvalue weighted by atomic mass is 16.1. The van der Waals surface area contributed by atoms with Crippen molar-refractivity contribution >= 4 is 11.5 Å². The van der Waals surface area contributed by atoms with Gasteiger partial charge in [0, 0.05) is 11.9 Å². The minimum atomic E-state index is -0.391. The lowest BCUT2D eigenvalue weighted by Gasteiger charge is -2.01. The second-order valence-electron chi connectivity index (χ2n) is 2.24. The average Bonchev–Trinajstić information content (AvgIpc) is 1.85. The van der Waals surface area contributed by atoms with Crippen molar-refractivity contribution in [1.82, 2.24) is 9.55 Å². The summed E-state index contributed by atoms with van der Waals surface area (Å²) in [6, 6.07) is 1.55. The van der Waals surface area contributed by atoms with E-state index >= 15 is 0 Å². The third kappa shape index (κ3) is 1.46. The van der Waals surface area contributed by atoms with E-state index in [1.165, 1.54) is 4.57 Å². The van der Waals surface area contributed by atoms with E-state index < -0.39 is 5.69 Å². The number of nitrogen functional groups attached to an aromatic ring is 1. The van der Waals surface area contributed by atoms with E-state index in [0.717, 1.165) is 0 Å². The largest absolute Gasteiger partial charge is 0.383 e. The highest BCUT2D eigenvalue weighted by molar-refractivity contribution is 5.38. The molecular formula is C7H9N3O. The summed E-state index contributed by atoms with van der Waals surface area (Å²) in [5.41, 5.74) is 5.51. The second kappa shape index (κ2) is 2.57. The monoisotopic (exact) mass is 151 g/mol. The molecule has 0 saturated carbocycles. The number of hydrogen-bond acceptors (Lipinski definition) is 3. The van der Waals surface area contributed by atoms with Gasteiger partial charge in [-0.25, -0.2) is 4.79 Å². The van der Waals surface area contributed by atoms with Gasteiger partial charge in [-0.2, -0.15) is 4.98 Å². The molecule has 0 fully saturated rings. The van der Waals surface area contributed by atoms with Crippen LogP contribution in [-0.2, 0) is 0 Å². The third-order valence-corrected chi connectivity index (χ3v) is 1.24. The van der Waals surface area contributed by atoms with Crippen LogP contribution in [0.3, 0.4) is 0 Å². The standard InChI is InChI=1S/C7H9N3O/c1-5(2)10-4-3-6(8)9-7(10)11/h3-4H,1H2,2H3,(H2,8,9,11). The molecule has 58 valence electrons. The van der Waals surface area contributed by atoms with Crippen LogP contribution in [0, 0.1) is 0 Å². The van der Waals surface area contributed by atoms with E-state index in [1.807, 2.05) is 0 Å². The summed E-state index contributed by atoms with van der Waals surface area (Å²) >= 11 is 0. The molecule has 1 heterocycles. The maximum atomic E-state index is 11.0. The van der Waals surface area contributed by atoms with Crippen molar-refractivity contribution in [2.45, 2.75) is 6.92 Å². The lowest BCUT2D eigenvalue weighted by molar-refractivity contribution is 0.935. The van der Waals surface area contributed by atoms with Gasteiger partial charge in [0.15, 0.2) is 0 Å². The molecule has 0 unspecified atom stereocenters. The Morgan fingerprint density at radius 1 is 1.82 bits per heavy atom. The predicted molar refractivity (Wildman–Crippen MR) is 43.9 cm³/mol. The Kier molecular flexibility index (Phi) is 1.76. The molecule has 0 aliphatic heterocycles. The van der Waals surface area contributed by atoms with Crippen LogP contribution in [0.5, 0.6) is 0 Å². The quantitative estimate of drug-likeness (QED) is 0.628. The minimum Gasteiger partial charge on any atom is -0.383 e. The van der Waals surface area contributed by atoms with Gasteiger partial charge in [0.25, 0.3) is 0 Å². The number of rotatable bonds is 1. The normalized spacial score (nSPS) is 9.55. The van der Waals surface area contributed by atoms with E-state index in [0.29, 0.717) is 5.70 Å². The van der Waals surface area contributed by atoms with Gasteiger partial charge in [-0.15, -0.1) is 0 Å². The minimum absolute atomic E-state index is 0.229. The van der Waals surface area contributed by atoms with Crippen molar-refractivity contribution in [3.05, 3.63) is 29.3 Å². The zero-order valence-electron chi connectivity index (χ0n) is 6.24. The highest BCUT2D eigenvalue weighted by Crippen LogP contribution is 1.95. The zero-order valence-corrected chi connectivity index (χ0v) is 6.24. The number of anilines is 1. The van der Waals surface area contributed by atoms with Gasteiger partial charge in [-0.1, -0.05) is 6.58 Å². The highest BCUT2D eigenvalue weighted by Gasteiger charge is 1.95. The average molecular weight is 151 g/mol. The second-order valence-corrected chi connectivity index (χ2v) is 2.24. The van der Waals surface area contributed by atoms with Crippen LogP contribution in [0.2, 0.25) is 0 Å². The smallest absolute Gasteiger partial charge is 0.353 e.